The molecule has 3 N–H and O–H groups in total. The molecule has 0 radical (unpaired) electrons. The molecular weight excluding hydrogens is 242 g/mol. The maximum absolute atomic E-state index is 11.6. The molecule has 0 aliphatic carbocycles. The van der Waals surface area contributed by atoms with Gasteiger partial charge >= 0.3 is 0 Å². The molecule has 5 nitrogen and oxygen atoms in total. The second-order valence-corrected chi connectivity index (χ2v) is 3.96. The van der Waals surface area contributed by atoms with Gasteiger partial charge in [-0.05, 0) is 36.4 Å². The van der Waals surface area contributed by atoms with Crippen molar-refractivity contribution >= 4 is 11.6 Å². The summed E-state index contributed by atoms with van der Waals surface area (Å²) in [6, 6.07) is 12.4. The van der Waals surface area contributed by atoms with Crippen LogP contribution < -0.4 is 15.8 Å². The summed E-state index contributed by atoms with van der Waals surface area (Å²) in [5.41, 5.74) is 7.02. The first kappa shape index (κ1) is 12.9. The lowest BCUT2D eigenvalue weighted by molar-refractivity contribution is -0.123. The summed E-state index contributed by atoms with van der Waals surface area (Å²) >= 11 is 0. The smallest absolute Gasteiger partial charge is 0.258 e. The van der Waals surface area contributed by atoms with Gasteiger partial charge < -0.3 is 15.8 Å². The van der Waals surface area contributed by atoms with Gasteiger partial charge in [-0.25, -0.2) is 0 Å². The molecule has 0 atom stereocenters. The van der Waals surface area contributed by atoms with Crippen molar-refractivity contribution in [2.75, 3.05) is 12.3 Å². The number of ether oxygens (including phenoxy) is 1. The Bertz CT molecular complexity index is 526. The van der Waals surface area contributed by atoms with Gasteiger partial charge in [0.05, 0.1) is 12.2 Å². The number of carbonyl (C=O) groups is 1. The molecule has 1 amide bonds. The van der Waals surface area contributed by atoms with Gasteiger partial charge in [-0.15, -0.1) is 0 Å². The zero-order valence-electron chi connectivity index (χ0n) is 10.4. The Hall–Kier alpha value is -2.56. The summed E-state index contributed by atoms with van der Waals surface area (Å²) in [4.78, 5) is 15.7. The van der Waals surface area contributed by atoms with Gasteiger partial charge in [0.1, 0.15) is 5.75 Å². The van der Waals surface area contributed by atoms with Crippen LogP contribution in [0.15, 0.2) is 48.7 Å². The van der Waals surface area contributed by atoms with Gasteiger partial charge in [-0.2, -0.15) is 0 Å². The third-order valence-corrected chi connectivity index (χ3v) is 2.44. The normalized spacial score (nSPS) is 9.89. The van der Waals surface area contributed by atoms with Crippen molar-refractivity contribution in [3.8, 4) is 5.75 Å². The van der Waals surface area contributed by atoms with E-state index in [1.165, 1.54) is 0 Å². The summed E-state index contributed by atoms with van der Waals surface area (Å²) in [7, 11) is 0. The molecule has 1 aromatic heterocycles. The summed E-state index contributed by atoms with van der Waals surface area (Å²) in [6.45, 7) is 0.363. The van der Waals surface area contributed by atoms with Crippen LogP contribution in [-0.4, -0.2) is 17.5 Å². The first-order valence-electron chi connectivity index (χ1n) is 5.89. The molecule has 0 spiro atoms. The molecule has 19 heavy (non-hydrogen) atoms. The Morgan fingerprint density at radius 1 is 1.21 bits per heavy atom. The van der Waals surface area contributed by atoms with Gasteiger partial charge in [0.2, 0.25) is 0 Å². The van der Waals surface area contributed by atoms with E-state index in [0.717, 1.165) is 5.69 Å². The fourth-order valence-electron chi connectivity index (χ4n) is 1.46. The van der Waals surface area contributed by atoms with Crippen LogP contribution in [0.2, 0.25) is 0 Å². The van der Waals surface area contributed by atoms with E-state index in [1.807, 2.05) is 18.2 Å². The third kappa shape index (κ3) is 4.31. The van der Waals surface area contributed by atoms with E-state index >= 15 is 0 Å². The molecule has 2 rings (SSSR count). The highest BCUT2D eigenvalue weighted by atomic mass is 16.5. The number of nitrogens with two attached hydrogens (primary N) is 1. The van der Waals surface area contributed by atoms with E-state index in [9.17, 15) is 4.79 Å². The SMILES string of the molecule is Nc1ccc(OCC(=O)NCc2ccccn2)cc1. The van der Waals surface area contributed by atoms with Crippen molar-refractivity contribution in [2.24, 2.45) is 0 Å². The van der Waals surface area contributed by atoms with E-state index in [0.29, 0.717) is 18.0 Å². The summed E-state index contributed by atoms with van der Waals surface area (Å²) in [6.07, 6.45) is 1.69. The van der Waals surface area contributed by atoms with Crippen LogP contribution >= 0.6 is 0 Å². The lowest BCUT2D eigenvalue weighted by Crippen LogP contribution is -2.28. The molecule has 1 aromatic carbocycles. The van der Waals surface area contributed by atoms with Gasteiger partial charge in [0.15, 0.2) is 6.61 Å². The number of aromatic nitrogens is 1. The number of pyridine rings is 1. The van der Waals surface area contributed by atoms with E-state index < -0.39 is 0 Å². The van der Waals surface area contributed by atoms with Crippen LogP contribution in [0, 0.1) is 0 Å². The molecule has 0 fully saturated rings. The average molecular weight is 257 g/mol. The van der Waals surface area contributed by atoms with Crippen molar-refractivity contribution in [2.45, 2.75) is 6.54 Å². The van der Waals surface area contributed by atoms with Crippen LogP contribution in [0.3, 0.4) is 0 Å². The first-order chi connectivity index (χ1) is 9.24. The van der Waals surface area contributed by atoms with E-state index in [2.05, 4.69) is 10.3 Å². The number of nitrogen functional groups attached to an aromatic ring is 1. The number of rotatable bonds is 5. The lowest BCUT2D eigenvalue weighted by atomic mass is 10.3. The molecule has 98 valence electrons. The molecular formula is C14H15N3O2. The maximum atomic E-state index is 11.6. The summed E-state index contributed by atoms with van der Waals surface area (Å²) < 4.78 is 5.32. The lowest BCUT2D eigenvalue weighted by Gasteiger charge is -2.07. The van der Waals surface area contributed by atoms with Crippen LogP contribution in [0.5, 0.6) is 5.75 Å². The second-order valence-electron chi connectivity index (χ2n) is 3.96. The highest BCUT2D eigenvalue weighted by Crippen LogP contribution is 2.12. The van der Waals surface area contributed by atoms with Crippen LogP contribution in [-0.2, 0) is 11.3 Å². The number of amides is 1. The molecule has 5 heteroatoms. The predicted molar refractivity (Wildman–Crippen MR) is 72.4 cm³/mol. The van der Waals surface area contributed by atoms with Gasteiger partial charge in [0.25, 0.3) is 5.91 Å². The predicted octanol–water partition coefficient (Wildman–Crippen LogP) is 1.36. The monoisotopic (exact) mass is 257 g/mol. The van der Waals surface area contributed by atoms with Crippen molar-refractivity contribution in [1.29, 1.82) is 0 Å². The fraction of sp³-hybridized carbons (Fsp3) is 0.143. The standard InChI is InChI=1S/C14H15N3O2/c15-11-4-6-13(7-5-11)19-10-14(18)17-9-12-3-1-2-8-16-12/h1-8H,9-10,15H2,(H,17,18). The van der Waals surface area contributed by atoms with Crippen LogP contribution in [0.25, 0.3) is 0 Å². The number of nitrogens with zero attached hydrogens (tertiary/aromatic N) is 1. The van der Waals surface area contributed by atoms with Gasteiger partial charge in [0, 0.05) is 11.9 Å². The zero-order valence-corrected chi connectivity index (χ0v) is 10.4. The van der Waals surface area contributed by atoms with E-state index in [-0.39, 0.29) is 12.5 Å². The number of hydrogen-bond acceptors (Lipinski definition) is 4. The number of nitrogens with one attached hydrogen (secondary N) is 1. The van der Waals surface area contributed by atoms with Crippen molar-refractivity contribution < 1.29 is 9.53 Å². The molecule has 0 aliphatic rings. The van der Waals surface area contributed by atoms with Gasteiger partial charge in [-0.3, -0.25) is 9.78 Å². The summed E-state index contributed by atoms with van der Waals surface area (Å²) in [5, 5.41) is 2.73. The largest absolute Gasteiger partial charge is 0.484 e. The number of benzene rings is 1. The van der Waals surface area contributed by atoms with E-state index in [1.54, 1.807) is 30.5 Å². The molecule has 0 aliphatic heterocycles. The Morgan fingerprint density at radius 3 is 2.68 bits per heavy atom. The van der Waals surface area contributed by atoms with Gasteiger partial charge in [-0.1, -0.05) is 6.07 Å². The molecule has 0 bridgehead atoms. The molecule has 0 saturated heterocycles. The third-order valence-electron chi connectivity index (χ3n) is 2.44. The Balaban J connectivity index is 1.74. The topological polar surface area (TPSA) is 77.2 Å². The van der Waals surface area contributed by atoms with Crippen molar-refractivity contribution in [1.82, 2.24) is 10.3 Å². The average Bonchev–Trinajstić information content (AvgIpc) is 2.45. The molecule has 2 aromatic rings. The molecule has 0 saturated carbocycles. The second kappa shape index (κ2) is 6.39. The Morgan fingerprint density at radius 2 is 2.00 bits per heavy atom. The molecule has 0 unspecified atom stereocenters. The highest BCUT2D eigenvalue weighted by molar-refractivity contribution is 5.77. The quantitative estimate of drug-likeness (QED) is 0.793. The first-order valence-corrected chi connectivity index (χ1v) is 5.89. The number of anilines is 1. The fourth-order valence-corrected chi connectivity index (χ4v) is 1.46. The van der Waals surface area contributed by atoms with Crippen molar-refractivity contribution in [3.63, 3.8) is 0 Å². The van der Waals surface area contributed by atoms with E-state index in [4.69, 9.17) is 10.5 Å². The van der Waals surface area contributed by atoms with Crippen molar-refractivity contribution in [3.05, 3.63) is 54.4 Å². The maximum Gasteiger partial charge on any atom is 0.258 e. The Kier molecular flexibility index (Phi) is 4.34. The minimum atomic E-state index is -0.192. The van der Waals surface area contributed by atoms with Crippen LogP contribution in [0.4, 0.5) is 5.69 Å². The number of carbonyl (C=O) groups excluding carboxylic acids is 1. The Labute approximate surface area is 111 Å². The number of hydrogen-bond donors (Lipinski definition) is 2. The molecule has 1 heterocycles. The highest BCUT2D eigenvalue weighted by Gasteiger charge is 2.03. The summed E-state index contributed by atoms with van der Waals surface area (Å²) in [5.74, 6) is 0.421. The minimum absolute atomic E-state index is 0.0310. The van der Waals surface area contributed by atoms with Crippen LogP contribution in [0.1, 0.15) is 5.69 Å². The minimum Gasteiger partial charge on any atom is -0.484 e. The zero-order chi connectivity index (χ0) is 13.5.